The highest BCUT2D eigenvalue weighted by Gasteiger charge is 2.39. The number of nitrogens with zero attached hydrogens (tertiary/aromatic N) is 1. The van der Waals surface area contributed by atoms with Crippen LogP contribution in [0, 0.1) is 0 Å². The lowest BCUT2D eigenvalue weighted by Crippen LogP contribution is -2.52. The quantitative estimate of drug-likeness (QED) is 0.311. The van der Waals surface area contributed by atoms with Gasteiger partial charge >= 0.3 is 5.97 Å². The summed E-state index contributed by atoms with van der Waals surface area (Å²) in [6.45, 7) is 2.40. The second-order valence-corrected chi connectivity index (χ2v) is 7.27. The molecule has 2 aliphatic rings. The Morgan fingerprint density at radius 3 is 2.72 bits per heavy atom. The van der Waals surface area contributed by atoms with Gasteiger partial charge in [0.2, 0.25) is 11.8 Å². The number of carbonyl (C=O) groups excluding carboxylic acids is 3. The van der Waals surface area contributed by atoms with Crippen molar-refractivity contribution < 1.29 is 24.3 Å². The number of imide groups is 1. The number of carbonyl (C=O) groups is 4. The Morgan fingerprint density at radius 1 is 1.17 bits per heavy atom. The molecule has 2 heterocycles. The van der Waals surface area contributed by atoms with Gasteiger partial charge in [0.1, 0.15) is 6.04 Å². The Bertz CT molecular complexity index is 810. The van der Waals surface area contributed by atoms with E-state index in [-0.39, 0.29) is 24.8 Å². The SMILES string of the molecule is O=C(O)CNCCNCCCc1cccc2c1CN(C1CCC(=O)NC1=O)C2=O. The number of aryl methyl sites for hydroxylation is 1. The molecule has 3 rings (SSSR count). The van der Waals surface area contributed by atoms with Crippen LogP contribution in [-0.2, 0) is 27.3 Å². The van der Waals surface area contributed by atoms with Crippen LogP contribution in [0.4, 0.5) is 0 Å². The summed E-state index contributed by atoms with van der Waals surface area (Å²) in [6.07, 6.45) is 2.28. The van der Waals surface area contributed by atoms with Crippen LogP contribution in [0.15, 0.2) is 18.2 Å². The molecule has 4 N–H and O–H groups in total. The first-order valence-corrected chi connectivity index (χ1v) is 9.86. The topological polar surface area (TPSA) is 128 Å². The van der Waals surface area contributed by atoms with Gasteiger partial charge in [-0.25, -0.2) is 0 Å². The van der Waals surface area contributed by atoms with Gasteiger partial charge in [0.25, 0.3) is 5.91 Å². The van der Waals surface area contributed by atoms with E-state index >= 15 is 0 Å². The fraction of sp³-hybridized carbons (Fsp3) is 0.500. The molecule has 1 fully saturated rings. The molecule has 2 aliphatic heterocycles. The van der Waals surface area contributed by atoms with Crippen molar-refractivity contribution in [1.82, 2.24) is 20.9 Å². The summed E-state index contributed by atoms with van der Waals surface area (Å²) in [7, 11) is 0. The zero-order chi connectivity index (χ0) is 20.8. The normalized spacial score (nSPS) is 18.7. The predicted molar refractivity (Wildman–Crippen MR) is 104 cm³/mol. The molecule has 0 radical (unpaired) electrons. The Kier molecular flexibility index (Phi) is 6.95. The number of benzene rings is 1. The van der Waals surface area contributed by atoms with Crippen LogP contribution in [0.25, 0.3) is 0 Å². The summed E-state index contributed by atoms with van der Waals surface area (Å²) in [5.41, 5.74) is 2.69. The number of amides is 3. The highest BCUT2D eigenvalue weighted by atomic mass is 16.4. The maximum atomic E-state index is 12.8. The van der Waals surface area contributed by atoms with Gasteiger partial charge in [-0.15, -0.1) is 0 Å². The van der Waals surface area contributed by atoms with Gasteiger partial charge in [-0.1, -0.05) is 12.1 Å². The molecular weight excluding hydrogens is 376 g/mol. The van der Waals surface area contributed by atoms with E-state index in [1.165, 1.54) is 0 Å². The highest BCUT2D eigenvalue weighted by molar-refractivity contribution is 6.05. The van der Waals surface area contributed by atoms with E-state index in [2.05, 4.69) is 16.0 Å². The summed E-state index contributed by atoms with van der Waals surface area (Å²) in [5, 5.41) is 17.0. The Hall–Kier alpha value is -2.78. The summed E-state index contributed by atoms with van der Waals surface area (Å²) in [6, 6.07) is 5.07. The zero-order valence-corrected chi connectivity index (χ0v) is 16.2. The van der Waals surface area contributed by atoms with Crippen LogP contribution in [0.3, 0.4) is 0 Å². The summed E-state index contributed by atoms with van der Waals surface area (Å²) < 4.78 is 0. The van der Waals surface area contributed by atoms with Crippen molar-refractivity contribution in [3.8, 4) is 0 Å². The van der Waals surface area contributed by atoms with Crippen LogP contribution in [0.5, 0.6) is 0 Å². The number of fused-ring (bicyclic) bond motifs is 1. The van der Waals surface area contributed by atoms with E-state index in [1.807, 2.05) is 12.1 Å². The van der Waals surface area contributed by atoms with Gasteiger partial charge in [-0.2, -0.15) is 0 Å². The van der Waals surface area contributed by atoms with Gasteiger partial charge in [-0.3, -0.25) is 24.5 Å². The van der Waals surface area contributed by atoms with E-state index < -0.39 is 17.9 Å². The van der Waals surface area contributed by atoms with E-state index in [0.717, 1.165) is 30.5 Å². The van der Waals surface area contributed by atoms with Crippen molar-refractivity contribution in [2.45, 2.75) is 38.3 Å². The number of hydrogen-bond acceptors (Lipinski definition) is 6. The van der Waals surface area contributed by atoms with Crippen molar-refractivity contribution in [2.75, 3.05) is 26.2 Å². The molecule has 1 aromatic rings. The monoisotopic (exact) mass is 402 g/mol. The number of rotatable bonds is 10. The van der Waals surface area contributed by atoms with Crippen LogP contribution >= 0.6 is 0 Å². The van der Waals surface area contributed by atoms with E-state index in [4.69, 9.17) is 5.11 Å². The molecule has 29 heavy (non-hydrogen) atoms. The third kappa shape index (κ3) is 5.18. The number of nitrogens with one attached hydrogen (secondary N) is 3. The molecule has 1 aromatic carbocycles. The molecule has 0 aromatic heterocycles. The lowest BCUT2D eigenvalue weighted by molar-refractivity contribution is -0.137. The molecule has 3 amide bonds. The molecule has 0 saturated carbocycles. The third-order valence-electron chi connectivity index (χ3n) is 5.23. The van der Waals surface area contributed by atoms with Crippen molar-refractivity contribution in [1.29, 1.82) is 0 Å². The van der Waals surface area contributed by atoms with Crippen molar-refractivity contribution in [3.05, 3.63) is 34.9 Å². The first-order valence-electron chi connectivity index (χ1n) is 9.86. The fourth-order valence-corrected chi connectivity index (χ4v) is 3.78. The van der Waals surface area contributed by atoms with Gasteiger partial charge in [0, 0.05) is 31.6 Å². The summed E-state index contributed by atoms with van der Waals surface area (Å²) >= 11 is 0. The number of carboxylic acids is 1. The van der Waals surface area contributed by atoms with Crippen LogP contribution in [0.1, 0.15) is 40.7 Å². The number of aliphatic carboxylic acids is 1. The molecule has 0 spiro atoms. The van der Waals surface area contributed by atoms with Crippen molar-refractivity contribution in [2.24, 2.45) is 0 Å². The first kappa shape index (κ1) is 20.9. The average molecular weight is 402 g/mol. The Labute approximate surface area is 168 Å². The molecule has 9 nitrogen and oxygen atoms in total. The molecule has 1 unspecified atom stereocenters. The maximum absolute atomic E-state index is 12.8. The Morgan fingerprint density at radius 2 is 1.97 bits per heavy atom. The largest absolute Gasteiger partial charge is 0.480 e. The van der Waals surface area contributed by atoms with Gasteiger partial charge in [0.05, 0.1) is 6.54 Å². The van der Waals surface area contributed by atoms with Crippen molar-refractivity contribution in [3.63, 3.8) is 0 Å². The van der Waals surface area contributed by atoms with E-state index in [1.54, 1.807) is 11.0 Å². The number of hydrogen-bond donors (Lipinski definition) is 4. The maximum Gasteiger partial charge on any atom is 0.317 e. The van der Waals surface area contributed by atoms with Crippen LogP contribution in [0.2, 0.25) is 0 Å². The molecule has 0 aliphatic carbocycles. The molecule has 156 valence electrons. The highest BCUT2D eigenvalue weighted by Crippen LogP contribution is 2.30. The van der Waals surface area contributed by atoms with Crippen LogP contribution < -0.4 is 16.0 Å². The number of carboxylic acid groups (broad SMARTS) is 1. The van der Waals surface area contributed by atoms with Gasteiger partial charge in [-0.05, 0) is 43.0 Å². The average Bonchev–Trinajstić information content (AvgIpc) is 3.01. The Balaban J connectivity index is 1.51. The predicted octanol–water partition coefficient (Wildman–Crippen LogP) is -0.356. The van der Waals surface area contributed by atoms with Gasteiger partial charge in [0.15, 0.2) is 0 Å². The molecule has 1 saturated heterocycles. The van der Waals surface area contributed by atoms with E-state index in [9.17, 15) is 19.2 Å². The minimum Gasteiger partial charge on any atom is -0.480 e. The smallest absolute Gasteiger partial charge is 0.317 e. The minimum absolute atomic E-state index is 0.0461. The third-order valence-corrected chi connectivity index (χ3v) is 5.23. The summed E-state index contributed by atoms with van der Waals surface area (Å²) in [4.78, 5) is 48.3. The van der Waals surface area contributed by atoms with Crippen LogP contribution in [-0.4, -0.2) is 65.9 Å². The fourth-order valence-electron chi connectivity index (χ4n) is 3.78. The second kappa shape index (κ2) is 9.62. The molecular formula is C20H26N4O5. The number of piperidine rings is 1. The van der Waals surface area contributed by atoms with Crippen molar-refractivity contribution >= 4 is 23.7 Å². The standard InChI is InChI=1S/C20H26N4O5/c25-17-7-6-16(19(28)23-17)24-12-15-13(3-1-5-14(15)20(24)29)4-2-8-21-9-10-22-11-18(26)27/h1,3,5,16,21-22H,2,4,6-12H2,(H,26,27)(H,23,25,28). The molecule has 1 atom stereocenters. The minimum atomic E-state index is -0.871. The lowest BCUT2D eigenvalue weighted by atomic mass is 9.99. The lowest BCUT2D eigenvalue weighted by Gasteiger charge is -2.29. The van der Waals surface area contributed by atoms with E-state index in [0.29, 0.717) is 31.6 Å². The molecule has 9 heteroatoms. The molecule has 0 bridgehead atoms. The zero-order valence-electron chi connectivity index (χ0n) is 16.2. The first-order chi connectivity index (χ1) is 14.0. The van der Waals surface area contributed by atoms with Gasteiger partial charge < -0.3 is 20.6 Å². The summed E-state index contributed by atoms with van der Waals surface area (Å²) in [5.74, 6) is -1.71. The second-order valence-electron chi connectivity index (χ2n) is 7.27.